The van der Waals surface area contributed by atoms with Crippen LogP contribution in [-0.2, 0) is 11.3 Å². The van der Waals surface area contributed by atoms with Gasteiger partial charge < -0.3 is 19.2 Å². The zero-order valence-electron chi connectivity index (χ0n) is 16.5. The number of hydrogen-bond donors (Lipinski definition) is 1. The van der Waals surface area contributed by atoms with Crippen LogP contribution < -0.4 is 14.9 Å². The highest BCUT2D eigenvalue weighted by Gasteiger charge is 2.18. The van der Waals surface area contributed by atoms with E-state index in [-0.39, 0.29) is 28.8 Å². The van der Waals surface area contributed by atoms with E-state index in [1.165, 1.54) is 0 Å². The number of H-pyrrole nitrogens is 1. The fourth-order valence-electron chi connectivity index (χ4n) is 3.42. The van der Waals surface area contributed by atoms with Gasteiger partial charge in [0.25, 0.3) is 0 Å². The Labute approximate surface area is 184 Å². The van der Waals surface area contributed by atoms with Crippen LogP contribution >= 0.6 is 23.2 Å². The number of aromatic amines is 1. The molecule has 8 heteroatoms. The van der Waals surface area contributed by atoms with Crippen molar-refractivity contribution >= 4 is 34.1 Å². The van der Waals surface area contributed by atoms with Crippen LogP contribution in [-0.4, -0.2) is 29.8 Å². The van der Waals surface area contributed by atoms with Crippen LogP contribution in [0.2, 0.25) is 10.0 Å². The molecule has 0 radical (unpaired) electrons. The molecule has 0 saturated carbocycles. The summed E-state index contributed by atoms with van der Waals surface area (Å²) in [5, 5.41) is 1.25. The van der Waals surface area contributed by atoms with Gasteiger partial charge in [-0.2, -0.15) is 4.98 Å². The topological polar surface area (TPSA) is 73.4 Å². The summed E-state index contributed by atoms with van der Waals surface area (Å²) in [5.41, 5.74) is 1.98. The summed E-state index contributed by atoms with van der Waals surface area (Å²) < 4.78 is 17.0. The van der Waals surface area contributed by atoms with Crippen LogP contribution in [0.4, 0.5) is 0 Å². The second-order valence-electron chi connectivity index (χ2n) is 7.32. The summed E-state index contributed by atoms with van der Waals surface area (Å²) in [6.07, 6.45) is 1.90. The van der Waals surface area contributed by atoms with Gasteiger partial charge in [-0.05, 0) is 43.9 Å². The minimum atomic E-state index is -0.0291. The molecular formula is C22H22Cl2N2O4. The summed E-state index contributed by atoms with van der Waals surface area (Å²) in [7, 11) is 0. The Morgan fingerprint density at radius 3 is 2.60 bits per heavy atom. The lowest BCUT2D eigenvalue weighted by atomic mass is 10.0. The van der Waals surface area contributed by atoms with Crippen molar-refractivity contribution in [2.75, 3.05) is 19.8 Å². The third-order valence-electron chi connectivity index (χ3n) is 5.27. The lowest BCUT2D eigenvalue weighted by Gasteiger charge is -2.22. The minimum Gasteiger partial charge on any atom is -0.476 e. The third-order valence-corrected chi connectivity index (χ3v) is 5.81. The van der Waals surface area contributed by atoms with E-state index in [1.54, 1.807) is 19.1 Å². The molecule has 30 heavy (non-hydrogen) atoms. The first-order valence-electron chi connectivity index (χ1n) is 9.83. The summed E-state index contributed by atoms with van der Waals surface area (Å²) >= 11 is 12.5. The number of halogens is 2. The zero-order chi connectivity index (χ0) is 21.1. The van der Waals surface area contributed by atoms with Gasteiger partial charge in [0.05, 0.1) is 12.3 Å². The molecule has 0 amide bonds. The molecule has 2 aromatic heterocycles. The summed E-state index contributed by atoms with van der Waals surface area (Å²) in [6.45, 7) is 3.87. The molecule has 0 bridgehead atoms. The van der Waals surface area contributed by atoms with Gasteiger partial charge in [-0.25, -0.2) is 0 Å². The number of nitrogens with one attached hydrogen (secondary N) is 1. The molecule has 1 aliphatic rings. The predicted molar refractivity (Wildman–Crippen MR) is 117 cm³/mol. The first kappa shape index (κ1) is 21.0. The first-order valence-corrected chi connectivity index (χ1v) is 10.6. The van der Waals surface area contributed by atoms with Gasteiger partial charge in [-0.1, -0.05) is 35.3 Å². The summed E-state index contributed by atoms with van der Waals surface area (Å²) in [6, 6.07) is 8.92. The predicted octanol–water partition coefficient (Wildman–Crippen LogP) is 4.92. The fourth-order valence-corrected chi connectivity index (χ4v) is 3.88. The number of fused-ring (bicyclic) bond motifs is 1. The molecule has 0 spiro atoms. The first-order chi connectivity index (χ1) is 14.5. The van der Waals surface area contributed by atoms with Crippen LogP contribution in [0.3, 0.4) is 0 Å². The maximum Gasteiger partial charge on any atom is 0.236 e. The lowest BCUT2D eigenvalue weighted by Crippen LogP contribution is -2.21. The lowest BCUT2D eigenvalue weighted by molar-refractivity contribution is 0.0489. The molecule has 3 heterocycles. The second-order valence-corrected chi connectivity index (χ2v) is 8.14. The van der Waals surface area contributed by atoms with Crippen LogP contribution in [0.5, 0.6) is 11.8 Å². The Hall–Kier alpha value is -2.28. The highest BCUT2D eigenvalue weighted by molar-refractivity contribution is 6.36. The van der Waals surface area contributed by atoms with Crippen molar-refractivity contribution in [3.8, 4) is 11.8 Å². The molecular weight excluding hydrogens is 427 g/mol. The Morgan fingerprint density at radius 1 is 1.13 bits per heavy atom. The van der Waals surface area contributed by atoms with E-state index in [0.717, 1.165) is 31.6 Å². The Kier molecular flexibility index (Phi) is 6.46. The molecule has 0 unspecified atom stereocenters. The number of nitrogens with zero attached hydrogens (tertiary/aromatic N) is 1. The van der Waals surface area contributed by atoms with Crippen molar-refractivity contribution in [1.29, 1.82) is 0 Å². The van der Waals surface area contributed by atoms with E-state index in [4.69, 9.17) is 37.4 Å². The zero-order valence-corrected chi connectivity index (χ0v) is 18.1. The van der Waals surface area contributed by atoms with Gasteiger partial charge in [0.1, 0.15) is 16.7 Å². The third kappa shape index (κ3) is 4.56. The summed E-state index contributed by atoms with van der Waals surface area (Å²) in [5.74, 6) is 0.893. The molecule has 1 saturated heterocycles. The van der Waals surface area contributed by atoms with Crippen molar-refractivity contribution in [2.24, 2.45) is 5.92 Å². The molecule has 158 valence electrons. The molecule has 4 rings (SSSR count). The molecule has 6 nitrogen and oxygen atoms in total. The van der Waals surface area contributed by atoms with E-state index in [9.17, 15) is 4.79 Å². The summed E-state index contributed by atoms with van der Waals surface area (Å²) in [4.78, 5) is 20.2. The highest BCUT2D eigenvalue weighted by Crippen LogP contribution is 2.33. The maximum absolute atomic E-state index is 12.6. The van der Waals surface area contributed by atoms with Gasteiger partial charge in [-0.15, -0.1) is 0 Å². The van der Waals surface area contributed by atoms with E-state index in [0.29, 0.717) is 34.2 Å². The Morgan fingerprint density at radius 2 is 1.83 bits per heavy atom. The number of hydrogen-bond acceptors (Lipinski definition) is 5. The van der Waals surface area contributed by atoms with Crippen molar-refractivity contribution < 1.29 is 14.2 Å². The van der Waals surface area contributed by atoms with E-state index in [1.807, 2.05) is 18.2 Å². The number of rotatable bonds is 6. The maximum atomic E-state index is 12.6. The highest BCUT2D eigenvalue weighted by atomic mass is 35.5. The SMILES string of the molecule is Cc1c(COc2nc(OCC3CCOCC3)c(Cl)cc2Cl)[nH]c2ccccc2c1=O. The van der Waals surface area contributed by atoms with Crippen molar-refractivity contribution in [1.82, 2.24) is 9.97 Å². The van der Waals surface area contributed by atoms with Crippen molar-refractivity contribution in [2.45, 2.75) is 26.4 Å². The molecule has 1 N–H and O–H groups in total. The van der Waals surface area contributed by atoms with Crippen LogP contribution in [0, 0.1) is 12.8 Å². The van der Waals surface area contributed by atoms with Gasteiger partial charge in [-0.3, -0.25) is 4.79 Å². The number of pyridine rings is 2. The van der Waals surface area contributed by atoms with Crippen LogP contribution in [0.15, 0.2) is 35.1 Å². The standard InChI is InChI=1S/C22H22Cl2N2O4/c1-13-19(25-18-5-3-2-4-15(18)20(13)27)12-30-22-17(24)10-16(23)21(26-22)29-11-14-6-8-28-9-7-14/h2-5,10,14H,6-9,11-12H2,1H3,(H,25,27). The van der Waals surface area contributed by atoms with Gasteiger partial charge in [0, 0.05) is 29.7 Å². The average molecular weight is 449 g/mol. The number of para-hydroxylation sites is 1. The molecule has 3 aromatic rings. The number of ether oxygens (including phenoxy) is 3. The van der Waals surface area contributed by atoms with Crippen LogP contribution in [0.25, 0.3) is 10.9 Å². The van der Waals surface area contributed by atoms with Crippen molar-refractivity contribution in [3.63, 3.8) is 0 Å². The van der Waals surface area contributed by atoms with Crippen molar-refractivity contribution in [3.05, 3.63) is 61.9 Å². The molecule has 1 aliphatic heterocycles. The monoisotopic (exact) mass is 448 g/mol. The largest absolute Gasteiger partial charge is 0.476 e. The number of aromatic nitrogens is 2. The molecule has 1 aromatic carbocycles. The number of benzene rings is 1. The minimum absolute atomic E-state index is 0.0291. The molecule has 1 fully saturated rings. The Bertz CT molecular complexity index is 1110. The molecule has 0 atom stereocenters. The van der Waals surface area contributed by atoms with Crippen LogP contribution in [0.1, 0.15) is 24.1 Å². The van der Waals surface area contributed by atoms with E-state index >= 15 is 0 Å². The smallest absolute Gasteiger partial charge is 0.236 e. The van der Waals surface area contributed by atoms with Gasteiger partial charge in [0.2, 0.25) is 11.8 Å². The van der Waals surface area contributed by atoms with Gasteiger partial charge in [0.15, 0.2) is 5.43 Å². The van der Waals surface area contributed by atoms with E-state index < -0.39 is 0 Å². The normalized spacial score (nSPS) is 14.8. The van der Waals surface area contributed by atoms with Gasteiger partial charge >= 0.3 is 0 Å². The average Bonchev–Trinajstić information content (AvgIpc) is 2.76. The quantitative estimate of drug-likeness (QED) is 0.578. The molecule has 0 aliphatic carbocycles. The fraction of sp³-hybridized carbons (Fsp3) is 0.364. The Balaban J connectivity index is 1.51. The van der Waals surface area contributed by atoms with E-state index in [2.05, 4.69) is 9.97 Å². The second kappa shape index (κ2) is 9.25.